The molecule has 0 N–H and O–H groups in total. The predicted molar refractivity (Wildman–Crippen MR) is 141 cm³/mol. The van der Waals surface area contributed by atoms with Gasteiger partial charge in [-0.25, -0.2) is 9.13 Å². The number of aryl methyl sites for hydroxylation is 4. The van der Waals surface area contributed by atoms with Gasteiger partial charge in [0.2, 0.25) is 0 Å². The van der Waals surface area contributed by atoms with Crippen molar-refractivity contribution in [3.05, 3.63) is 60.2 Å². The Bertz CT molecular complexity index is 1570. The maximum absolute atomic E-state index is 14.3. The fraction of sp³-hybridized carbons (Fsp3) is 0.667. The zero-order chi connectivity index (χ0) is 45.6. The number of unbranched alkanes of at least 4 members (excludes halogenated alkanes) is 1. The highest BCUT2D eigenvalue weighted by Gasteiger charge is 2.92. The van der Waals surface area contributed by atoms with Crippen LogP contribution in [0, 0.1) is 0 Å². The van der Waals surface area contributed by atoms with Crippen molar-refractivity contribution in [1.82, 2.24) is 0 Å². The maximum Gasteiger partial charge on any atom is 0.460 e. The Morgan fingerprint density at radius 1 is 0.328 bits per heavy atom. The highest BCUT2D eigenvalue weighted by atomic mass is 19.4. The summed E-state index contributed by atoms with van der Waals surface area (Å²) in [4.78, 5) is 0. The predicted octanol–water partition coefficient (Wildman–Crippen LogP) is 11.1. The number of rotatable bonds is 19. The summed E-state index contributed by atoms with van der Waals surface area (Å²) in [7, 11) is 0. The first-order chi connectivity index (χ1) is 25.6. The first-order valence-electron chi connectivity index (χ1n) is 15.5. The van der Waals surface area contributed by atoms with E-state index < -0.39 is 97.5 Å². The lowest BCUT2D eigenvalue weighted by molar-refractivity contribution is -0.708. The van der Waals surface area contributed by atoms with E-state index in [1.165, 1.54) is 0 Å². The molecule has 2 rings (SSSR count). The molecule has 0 radical (unpaired) electrons. The topological polar surface area (TPSA) is 7.76 Å². The average Bonchev–Trinajstić information content (AvgIpc) is 3.07. The Labute approximate surface area is 307 Å². The molecule has 0 aliphatic heterocycles. The molecule has 2 nitrogen and oxygen atoms in total. The standard InChI is InChI=1S/C30H24F26N2/c31-19(32,21(35,36)23(39,40)25(43,44)27(47,48)29(51,52)53)11-15-57-13-5-3-9-17(57)7-1-2-8-18-10-4-6-14-58(18)16-12-20(33,34)22(37,38)24(41,42)26(45,46)28(49,50)30(54,55)56/h3-6,9-10,13-14H,1-2,7-8,11-12,15-16H2/q+2. The summed E-state index contributed by atoms with van der Waals surface area (Å²) in [5.74, 6) is -75.8. The number of alkyl halides is 26. The van der Waals surface area contributed by atoms with Crippen LogP contribution in [0.25, 0.3) is 0 Å². The number of aromatic nitrogens is 2. The lowest BCUT2D eigenvalue weighted by Gasteiger charge is -2.39. The molecule has 0 unspecified atom stereocenters. The largest absolute Gasteiger partial charge is 0.460 e. The van der Waals surface area contributed by atoms with E-state index in [1.807, 2.05) is 0 Å². The first kappa shape index (κ1) is 50.6. The molecule has 0 spiro atoms. The molecule has 0 saturated heterocycles. The molecule has 2 heterocycles. The van der Waals surface area contributed by atoms with E-state index >= 15 is 0 Å². The monoisotopic (exact) mass is 906 g/mol. The second-order valence-electron chi connectivity index (χ2n) is 12.5. The van der Waals surface area contributed by atoms with Crippen LogP contribution in [0.3, 0.4) is 0 Å². The summed E-state index contributed by atoms with van der Waals surface area (Å²) in [6.07, 6.45) is -19.6. The van der Waals surface area contributed by atoms with Crippen molar-refractivity contribution >= 4 is 0 Å². The third-order valence-corrected chi connectivity index (χ3v) is 8.52. The van der Waals surface area contributed by atoms with Crippen LogP contribution in [0.4, 0.5) is 114 Å². The molecule has 0 aliphatic carbocycles. The Morgan fingerprint density at radius 2 is 0.586 bits per heavy atom. The number of halogens is 26. The molecule has 58 heavy (non-hydrogen) atoms. The summed E-state index contributed by atoms with van der Waals surface area (Å²) >= 11 is 0. The fourth-order valence-corrected chi connectivity index (χ4v) is 4.97. The highest BCUT2D eigenvalue weighted by molar-refractivity contribution is 5.11. The van der Waals surface area contributed by atoms with E-state index in [1.54, 1.807) is 0 Å². The molecule has 0 aliphatic rings. The SMILES string of the molecule is FC(F)(F)C(F)(F)C(F)(F)C(F)(F)C(F)(F)C(F)(F)CC[n+]1ccccc1CCCCc1cccc[n+]1CCC(F)(F)C(F)(F)C(F)(F)C(F)(F)C(F)(F)C(F)(F)F. The quantitative estimate of drug-likeness (QED) is 0.0754. The lowest BCUT2D eigenvalue weighted by Crippen LogP contribution is -2.70. The van der Waals surface area contributed by atoms with E-state index in [0.29, 0.717) is 9.13 Å². The van der Waals surface area contributed by atoms with Crippen LogP contribution in [0.1, 0.15) is 37.1 Å². The molecule has 0 fully saturated rings. The van der Waals surface area contributed by atoms with E-state index in [2.05, 4.69) is 0 Å². The van der Waals surface area contributed by atoms with Gasteiger partial charge in [0.25, 0.3) is 0 Å². The molecule has 0 saturated carbocycles. The average molecular weight is 906 g/mol. The molecule has 0 atom stereocenters. The minimum Gasteiger partial charge on any atom is -0.202 e. The van der Waals surface area contributed by atoms with Crippen molar-refractivity contribution in [2.24, 2.45) is 0 Å². The van der Waals surface area contributed by atoms with Gasteiger partial charge in [-0.2, -0.15) is 114 Å². The van der Waals surface area contributed by atoms with Crippen molar-refractivity contribution in [2.75, 3.05) is 0 Å². The van der Waals surface area contributed by atoms with E-state index in [-0.39, 0.29) is 37.1 Å². The van der Waals surface area contributed by atoms with Crippen LogP contribution < -0.4 is 9.13 Å². The van der Waals surface area contributed by atoms with Crippen molar-refractivity contribution in [1.29, 1.82) is 0 Å². The summed E-state index contributed by atoms with van der Waals surface area (Å²) in [6, 6.07) is 6.49. The van der Waals surface area contributed by atoms with Crippen LogP contribution in [-0.2, 0) is 25.9 Å². The van der Waals surface area contributed by atoms with E-state index in [4.69, 9.17) is 0 Å². The van der Waals surface area contributed by atoms with E-state index in [0.717, 1.165) is 48.8 Å². The molecule has 2 aromatic rings. The fourth-order valence-electron chi connectivity index (χ4n) is 4.97. The third-order valence-electron chi connectivity index (χ3n) is 8.52. The molecular formula is C30H24F26N2+2. The first-order valence-corrected chi connectivity index (χ1v) is 15.5. The summed E-state index contributed by atoms with van der Waals surface area (Å²) in [5, 5.41) is 0. The van der Waals surface area contributed by atoms with Crippen molar-refractivity contribution < 1.29 is 123 Å². The van der Waals surface area contributed by atoms with Crippen molar-refractivity contribution in [2.45, 2.75) is 123 Å². The van der Waals surface area contributed by atoms with E-state index in [9.17, 15) is 114 Å². The Hall–Kier alpha value is -3.52. The van der Waals surface area contributed by atoms with Gasteiger partial charge in [0.05, 0.1) is 12.8 Å². The Kier molecular flexibility index (Phi) is 13.8. The maximum atomic E-state index is 14.3. The van der Waals surface area contributed by atoms with Gasteiger partial charge < -0.3 is 0 Å². The molecule has 28 heteroatoms. The van der Waals surface area contributed by atoms with Gasteiger partial charge in [-0.05, 0) is 12.8 Å². The molecule has 2 aromatic heterocycles. The van der Waals surface area contributed by atoms with Gasteiger partial charge in [0.1, 0.15) is 0 Å². The Morgan fingerprint density at radius 3 is 0.845 bits per heavy atom. The molecular weight excluding hydrogens is 882 g/mol. The van der Waals surface area contributed by atoms with Crippen LogP contribution in [-0.4, -0.2) is 71.6 Å². The smallest absolute Gasteiger partial charge is 0.202 e. The summed E-state index contributed by atoms with van der Waals surface area (Å²) in [5.41, 5.74) is -0.307. The van der Waals surface area contributed by atoms with Gasteiger partial charge in [-0.15, -0.1) is 0 Å². The van der Waals surface area contributed by atoms with Gasteiger partial charge >= 0.3 is 71.6 Å². The third kappa shape index (κ3) is 8.56. The van der Waals surface area contributed by atoms with Gasteiger partial charge in [-0.1, -0.05) is 12.1 Å². The normalized spacial score (nSPS) is 15.3. The van der Waals surface area contributed by atoms with Crippen LogP contribution in [0.15, 0.2) is 48.8 Å². The van der Waals surface area contributed by atoms with Crippen LogP contribution in [0.5, 0.6) is 0 Å². The van der Waals surface area contributed by atoms with Gasteiger partial charge in [-0.3, -0.25) is 0 Å². The number of pyridine rings is 2. The number of hydrogen-bond donors (Lipinski definition) is 0. The molecule has 0 amide bonds. The van der Waals surface area contributed by atoms with Crippen molar-refractivity contribution in [3.8, 4) is 0 Å². The lowest BCUT2D eigenvalue weighted by atomic mass is 9.92. The van der Waals surface area contributed by atoms with Gasteiger partial charge in [0, 0.05) is 37.1 Å². The molecule has 334 valence electrons. The zero-order valence-electron chi connectivity index (χ0n) is 28.0. The molecule has 0 aromatic carbocycles. The highest BCUT2D eigenvalue weighted by Crippen LogP contribution is 2.62. The van der Waals surface area contributed by atoms with Crippen LogP contribution in [0.2, 0.25) is 0 Å². The van der Waals surface area contributed by atoms with Crippen molar-refractivity contribution in [3.63, 3.8) is 0 Å². The van der Waals surface area contributed by atoms with Crippen LogP contribution >= 0.6 is 0 Å². The minimum atomic E-state index is -8.09. The van der Waals surface area contributed by atoms with Gasteiger partial charge in [0.15, 0.2) is 36.9 Å². The number of nitrogens with zero attached hydrogens (tertiary/aromatic N) is 2. The summed E-state index contributed by atoms with van der Waals surface area (Å²) < 4.78 is 351. The second kappa shape index (κ2) is 15.8. The number of hydrogen-bond acceptors (Lipinski definition) is 0. The Balaban J connectivity index is 2.18. The minimum absolute atomic E-state index is 0.154. The summed E-state index contributed by atoms with van der Waals surface area (Å²) in [6.45, 7) is -2.99. The second-order valence-corrected chi connectivity index (χ2v) is 12.5. The molecule has 0 bridgehead atoms. The zero-order valence-corrected chi connectivity index (χ0v) is 28.0.